The van der Waals surface area contributed by atoms with E-state index in [0.717, 1.165) is 0 Å². The van der Waals surface area contributed by atoms with E-state index in [1.165, 1.54) is 56.9 Å². The zero-order valence-corrected chi connectivity index (χ0v) is 10.9. The van der Waals surface area contributed by atoms with E-state index in [9.17, 15) is 0 Å². The van der Waals surface area contributed by atoms with Crippen molar-refractivity contribution in [3.63, 3.8) is 0 Å². The Bertz CT molecular complexity index is 103. The van der Waals surface area contributed by atoms with Gasteiger partial charge in [0.25, 0.3) is 0 Å². The van der Waals surface area contributed by atoms with Crippen molar-refractivity contribution >= 4 is 0 Å². The van der Waals surface area contributed by atoms with Crippen molar-refractivity contribution in [2.24, 2.45) is 0 Å². The standard InChI is InChI=1S/C11H22.C3H8/c1-4-6-8-10-11(3)9-7-5-2;1-3-2/h3-10H2,1-2H3;3H2,1-2H3. The topological polar surface area (TPSA) is 0 Å². The quantitative estimate of drug-likeness (QED) is 0.362. The van der Waals surface area contributed by atoms with Gasteiger partial charge in [0, 0.05) is 0 Å². The van der Waals surface area contributed by atoms with E-state index in [1.807, 2.05) is 0 Å². The molecule has 0 heteroatoms. The molecule has 0 saturated carbocycles. The Labute approximate surface area is 91.8 Å². The molecule has 0 saturated heterocycles. The van der Waals surface area contributed by atoms with Gasteiger partial charge in [0.1, 0.15) is 0 Å². The van der Waals surface area contributed by atoms with Crippen LogP contribution in [0, 0.1) is 0 Å². The summed E-state index contributed by atoms with van der Waals surface area (Å²) in [5.74, 6) is 0. The van der Waals surface area contributed by atoms with Crippen LogP contribution in [-0.2, 0) is 0 Å². The molecule has 0 nitrogen and oxygen atoms in total. The van der Waals surface area contributed by atoms with Crippen LogP contribution in [0.3, 0.4) is 0 Å². The van der Waals surface area contributed by atoms with Crippen LogP contribution in [0.5, 0.6) is 0 Å². The lowest BCUT2D eigenvalue weighted by atomic mass is 10.0. The minimum Gasteiger partial charge on any atom is -0.0999 e. The molecule has 0 aliphatic carbocycles. The fourth-order valence-electron chi connectivity index (χ4n) is 1.18. The third-order valence-corrected chi connectivity index (χ3v) is 2.02. The first-order chi connectivity index (χ1) is 6.72. The predicted octanol–water partition coefficient (Wildman–Crippen LogP) is 5.73. The van der Waals surface area contributed by atoms with Crippen LogP contribution >= 0.6 is 0 Å². The Kier molecular flexibility index (Phi) is 17.6. The van der Waals surface area contributed by atoms with Crippen LogP contribution in [0.1, 0.15) is 79.1 Å². The van der Waals surface area contributed by atoms with Crippen LogP contribution in [-0.4, -0.2) is 0 Å². The highest BCUT2D eigenvalue weighted by molar-refractivity contribution is 4.93. The second-order valence-corrected chi connectivity index (χ2v) is 4.02. The summed E-state index contributed by atoms with van der Waals surface area (Å²) in [7, 11) is 0. The van der Waals surface area contributed by atoms with Crippen molar-refractivity contribution in [3.8, 4) is 0 Å². The highest BCUT2D eigenvalue weighted by Crippen LogP contribution is 2.12. The molecule has 0 aliphatic rings. The maximum atomic E-state index is 4.06. The van der Waals surface area contributed by atoms with E-state index >= 15 is 0 Å². The molecule has 0 rings (SSSR count). The largest absolute Gasteiger partial charge is 0.0999 e. The van der Waals surface area contributed by atoms with Crippen molar-refractivity contribution < 1.29 is 0 Å². The van der Waals surface area contributed by atoms with Gasteiger partial charge >= 0.3 is 0 Å². The Hall–Kier alpha value is -0.260. The predicted molar refractivity (Wildman–Crippen MR) is 68.8 cm³/mol. The lowest BCUT2D eigenvalue weighted by Gasteiger charge is -2.02. The zero-order valence-electron chi connectivity index (χ0n) is 10.9. The highest BCUT2D eigenvalue weighted by atomic mass is 14.0. The average molecular weight is 198 g/mol. The van der Waals surface area contributed by atoms with Gasteiger partial charge < -0.3 is 0 Å². The molecule has 0 fully saturated rings. The summed E-state index contributed by atoms with van der Waals surface area (Å²) in [6.45, 7) is 12.8. The Morgan fingerprint density at radius 2 is 1.21 bits per heavy atom. The number of allylic oxidation sites excluding steroid dienone is 1. The molecule has 0 amide bonds. The maximum absolute atomic E-state index is 4.06. The first-order valence-corrected chi connectivity index (χ1v) is 6.39. The maximum Gasteiger partial charge on any atom is -0.0323 e. The van der Waals surface area contributed by atoms with Gasteiger partial charge in [-0.1, -0.05) is 65.5 Å². The molecule has 86 valence electrons. The number of hydrogen-bond donors (Lipinski definition) is 0. The van der Waals surface area contributed by atoms with Crippen molar-refractivity contribution in [1.82, 2.24) is 0 Å². The summed E-state index contributed by atoms with van der Waals surface area (Å²) >= 11 is 0. The summed E-state index contributed by atoms with van der Waals surface area (Å²) in [6, 6.07) is 0. The van der Waals surface area contributed by atoms with E-state index in [0.29, 0.717) is 0 Å². The molecule has 0 aromatic heterocycles. The van der Waals surface area contributed by atoms with Gasteiger partial charge in [-0.15, -0.1) is 0 Å². The van der Waals surface area contributed by atoms with E-state index in [2.05, 4.69) is 34.3 Å². The summed E-state index contributed by atoms with van der Waals surface area (Å²) in [5.41, 5.74) is 1.46. The Morgan fingerprint density at radius 1 is 0.786 bits per heavy atom. The van der Waals surface area contributed by atoms with E-state index in [1.54, 1.807) is 0 Å². The minimum absolute atomic E-state index is 1.25. The van der Waals surface area contributed by atoms with E-state index in [4.69, 9.17) is 0 Å². The van der Waals surface area contributed by atoms with Gasteiger partial charge in [-0.05, 0) is 25.7 Å². The van der Waals surface area contributed by atoms with Crippen molar-refractivity contribution in [3.05, 3.63) is 12.2 Å². The van der Waals surface area contributed by atoms with E-state index < -0.39 is 0 Å². The number of unbranched alkanes of at least 4 members (excludes halogenated alkanes) is 3. The van der Waals surface area contributed by atoms with Gasteiger partial charge in [0.2, 0.25) is 0 Å². The second kappa shape index (κ2) is 15.2. The fourth-order valence-corrected chi connectivity index (χ4v) is 1.18. The summed E-state index contributed by atoms with van der Waals surface area (Å²) in [4.78, 5) is 0. The SMILES string of the molecule is C=C(CCCC)CCCCC.CCC. The molecule has 0 bridgehead atoms. The normalized spacial score (nSPS) is 9.14. The minimum atomic E-state index is 1.25. The summed E-state index contributed by atoms with van der Waals surface area (Å²) in [5, 5.41) is 0. The zero-order chi connectivity index (χ0) is 11.2. The fraction of sp³-hybridized carbons (Fsp3) is 0.857. The molecular formula is C14H30. The van der Waals surface area contributed by atoms with Crippen LogP contribution in [0.15, 0.2) is 12.2 Å². The highest BCUT2D eigenvalue weighted by Gasteiger charge is 1.93. The van der Waals surface area contributed by atoms with Crippen LogP contribution < -0.4 is 0 Å². The molecule has 0 atom stereocenters. The molecule has 0 unspecified atom stereocenters. The third kappa shape index (κ3) is 17.7. The Morgan fingerprint density at radius 3 is 1.64 bits per heavy atom. The monoisotopic (exact) mass is 198 g/mol. The third-order valence-electron chi connectivity index (χ3n) is 2.02. The van der Waals surface area contributed by atoms with Crippen molar-refractivity contribution in [1.29, 1.82) is 0 Å². The molecule has 0 radical (unpaired) electrons. The molecule has 0 heterocycles. The molecule has 0 aromatic carbocycles. The number of hydrogen-bond acceptors (Lipinski definition) is 0. The summed E-state index contributed by atoms with van der Waals surface area (Å²) in [6.07, 6.45) is 10.4. The first kappa shape index (κ1) is 16.2. The van der Waals surface area contributed by atoms with Gasteiger partial charge in [-0.2, -0.15) is 0 Å². The number of rotatable bonds is 7. The van der Waals surface area contributed by atoms with Gasteiger partial charge in [-0.3, -0.25) is 0 Å². The van der Waals surface area contributed by atoms with Crippen molar-refractivity contribution in [2.75, 3.05) is 0 Å². The lowest BCUT2D eigenvalue weighted by Crippen LogP contribution is -1.82. The lowest BCUT2D eigenvalue weighted by molar-refractivity contribution is 0.680. The molecule has 0 N–H and O–H groups in total. The molecule has 0 spiro atoms. The molecule has 0 aliphatic heterocycles. The summed E-state index contributed by atoms with van der Waals surface area (Å²) < 4.78 is 0. The second-order valence-electron chi connectivity index (χ2n) is 4.02. The van der Waals surface area contributed by atoms with Gasteiger partial charge in [-0.25, -0.2) is 0 Å². The van der Waals surface area contributed by atoms with Crippen LogP contribution in [0.4, 0.5) is 0 Å². The van der Waals surface area contributed by atoms with Gasteiger partial charge in [0.15, 0.2) is 0 Å². The first-order valence-electron chi connectivity index (χ1n) is 6.39. The van der Waals surface area contributed by atoms with Crippen LogP contribution in [0.2, 0.25) is 0 Å². The molecule has 14 heavy (non-hydrogen) atoms. The van der Waals surface area contributed by atoms with Crippen LogP contribution in [0.25, 0.3) is 0 Å². The van der Waals surface area contributed by atoms with E-state index in [-0.39, 0.29) is 0 Å². The van der Waals surface area contributed by atoms with Crippen molar-refractivity contribution in [2.45, 2.75) is 79.1 Å². The average Bonchev–Trinajstić information content (AvgIpc) is 2.16. The Balaban J connectivity index is 0. The smallest absolute Gasteiger partial charge is 0.0323 e. The van der Waals surface area contributed by atoms with Gasteiger partial charge in [0.05, 0.1) is 0 Å². The molecule has 0 aromatic rings. The molecular weight excluding hydrogens is 168 g/mol.